The maximum Gasteiger partial charge on any atom is 0.271 e. The largest absolute Gasteiger partial charge is 0.329 e. The van der Waals surface area contributed by atoms with Gasteiger partial charge in [0, 0.05) is 23.7 Å². The molecule has 0 radical (unpaired) electrons. The molecule has 1 fully saturated rings. The number of fused-ring (bicyclic) bond motifs is 1. The molecule has 2 aromatic rings. The van der Waals surface area contributed by atoms with Crippen molar-refractivity contribution in [3.8, 4) is 0 Å². The third-order valence-corrected chi connectivity index (χ3v) is 5.58. The standard InChI is InChI=1S/C21H30N4O/c1-6-25-15(5)22-19-12-16(8-10-20(19)25)21(26)24-23-18-11-14(4)7-9-17(18)13(2)3/h8,10,12-14,17H,6-7,9,11H2,1-5H3,(H,24,26)/b23-18-/t14-,17+/m1/s1. The van der Waals surface area contributed by atoms with E-state index in [1.807, 2.05) is 25.1 Å². The van der Waals surface area contributed by atoms with Crippen LogP contribution in [0.4, 0.5) is 0 Å². The highest BCUT2D eigenvalue weighted by molar-refractivity contribution is 5.98. The molecule has 0 bridgehead atoms. The lowest BCUT2D eigenvalue weighted by Gasteiger charge is -2.30. The second kappa shape index (κ2) is 7.60. The van der Waals surface area contributed by atoms with Gasteiger partial charge in [-0.25, -0.2) is 10.4 Å². The molecule has 3 rings (SSSR count). The van der Waals surface area contributed by atoms with Crippen LogP contribution in [0, 0.1) is 24.7 Å². The molecule has 1 aliphatic rings. The van der Waals surface area contributed by atoms with E-state index in [4.69, 9.17) is 0 Å². The van der Waals surface area contributed by atoms with Gasteiger partial charge in [-0.05, 0) is 63.1 Å². The molecule has 140 valence electrons. The number of carbonyl (C=O) groups excluding carboxylic acids is 1. The average Bonchev–Trinajstić information content (AvgIpc) is 2.93. The molecule has 0 aliphatic heterocycles. The SMILES string of the molecule is CCn1c(C)nc2cc(C(=O)N/N=C3/C[C@H](C)CC[C@H]3C(C)C)ccc21. The third kappa shape index (κ3) is 3.67. The normalized spacial score (nSPS) is 22.3. The smallest absolute Gasteiger partial charge is 0.271 e. The second-order valence-corrected chi connectivity index (χ2v) is 7.89. The Morgan fingerprint density at radius 2 is 2.15 bits per heavy atom. The molecule has 1 aromatic carbocycles. The van der Waals surface area contributed by atoms with Crippen LogP contribution in [0.1, 0.15) is 63.1 Å². The van der Waals surface area contributed by atoms with Crippen LogP contribution in [0.3, 0.4) is 0 Å². The number of nitrogens with zero attached hydrogens (tertiary/aromatic N) is 3. The first-order chi connectivity index (χ1) is 12.4. The number of aromatic nitrogens is 2. The fourth-order valence-corrected chi connectivity index (χ4v) is 4.07. The van der Waals surface area contributed by atoms with E-state index >= 15 is 0 Å². The van der Waals surface area contributed by atoms with E-state index in [2.05, 4.69) is 47.8 Å². The van der Waals surface area contributed by atoms with Crippen molar-refractivity contribution in [3.63, 3.8) is 0 Å². The zero-order valence-corrected chi connectivity index (χ0v) is 16.5. The summed E-state index contributed by atoms with van der Waals surface area (Å²) in [6.07, 6.45) is 3.38. The monoisotopic (exact) mass is 354 g/mol. The Bertz CT molecular complexity index is 834. The van der Waals surface area contributed by atoms with Crippen LogP contribution in [-0.4, -0.2) is 21.2 Å². The minimum absolute atomic E-state index is 0.163. The summed E-state index contributed by atoms with van der Waals surface area (Å²) in [5.41, 5.74) is 6.45. The number of nitrogens with one attached hydrogen (secondary N) is 1. The zero-order valence-electron chi connectivity index (χ0n) is 16.5. The second-order valence-electron chi connectivity index (χ2n) is 7.89. The molecule has 0 saturated heterocycles. The topological polar surface area (TPSA) is 59.3 Å². The number of carbonyl (C=O) groups is 1. The maximum absolute atomic E-state index is 12.6. The van der Waals surface area contributed by atoms with Crippen molar-refractivity contribution >= 4 is 22.7 Å². The van der Waals surface area contributed by atoms with Gasteiger partial charge in [-0.2, -0.15) is 5.10 Å². The summed E-state index contributed by atoms with van der Waals surface area (Å²) in [7, 11) is 0. The summed E-state index contributed by atoms with van der Waals surface area (Å²) in [5.74, 6) is 2.46. The van der Waals surface area contributed by atoms with E-state index in [0.717, 1.165) is 42.0 Å². The molecular formula is C21H30N4O. The Labute approximate surface area is 155 Å². The molecule has 1 aliphatic carbocycles. The molecule has 1 aromatic heterocycles. The lowest BCUT2D eigenvalue weighted by atomic mass is 9.76. The van der Waals surface area contributed by atoms with E-state index < -0.39 is 0 Å². The Balaban J connectivity index is 1.80. The number of imidazole rings is 1. The van der Waals surface area contributed by atoms with Crippen LogP contribution in [0.25, 0.3) is 11.0 Å². The lowest BCUT2D eigenvalue weighted by molar-refractivity contribution is 0.0954. The molecule has 1 amide bonds. The van der Waals surface area contributed by atoms with Crippen LogP contribution in [0.2, 0.25) is 0 Å². The first kappa shape index (κ1) is 18.6. The van der Waals surface area contributed by atoms with Gasteiger partial charge in [-0.15, -0.1) is 0 Å². The summed E-state index contributed by atoms with van der Waals surface area (Å²) in [4.78, 5) is 17.2. The number of hydrogen-bond acceptors (Lipinski definition) is 3. The van der Waals surface area contributed by atoms with Gasteiger partial charge in [0.1, 0.15) is 5.82 Å². The molecule has 5 nitrogen and oxygen atoms in total. The van der Waals surface area contributed by atoms with Gasteiger partial charge in [0.2, 0.25) is 0 Å². The predicted molar refractivity (Wildman–Crippen MR) is 106 cm³/mol. The van der Waals surface area contributed by atoms with E-state index in [1.165, 1.54) is 6.42 Å². The Morgan fingerprint density at radius 1 is 1.38 bits per heavy atom. The Hall–Kier alpha value is -2.17. The third-order valence-electron chi connectivity index (χ3n) is 5.58. The van der Waals surface area contributed by atoms with Crippen LogP contribution in [-0.2, 0) is 6.54 Å². The molecule has 26 heavy (non-hydrogen) atoms. The van der Waals surface area contributed by atoms with Crippen molar-refractivity contribution in [3.05, 3.63) is 29.6 Å². The van der Waals surface area contributed by atoms with Crippen molar-refractivity contribution in [1.82, 2.24) is 15.0 Å². The fourth-order valence-electron chi connectivity index (χ4n) is 4.07. The minimum atomic E-state index is -0.163. The maximum atomic E-state index is 12.6. The first-order valence-corrected chi connectivity index (χ1v) is 9.74. The van der Waals surface area contributed by atoms with Gasteiger partial charge in [-0.1, -0.05) is 20.8 Å². The number of aryl methyl sites for hydroxylation is 2. The fraction of sp³-hybridized carbons (Fsp3) is 0.571. The van der Waals surface area contributed by atoms with Crippen LogP contribution in [0.5, 0.6) is 0 Å². The Kier molecular flexibility index (Phi) is 5.44. The lowest BCUT2D eigenvalue weighted by Crippen LogP contribution is -2.31. The molecule has 1 N–H and O–H groups in total. The number of benzene rings is 1. The molecule has 0 spiro atoms. The van der Waals surface area contributed by atoms with Gasteiger partial charge >= 0.3 is 0 Å². The molecular weight excluding hydrogens is 324 g/mol. The first-order valence-electron chi connectivity index (χ1n) is 9.74. The van der Waals surface area contributed by atoms with E-state index in [-0.39, 0.29) is 5.91 Å². The van der Waals surface area contributed by atoms with Gasteiger partial charge in [0.15, 0.2) is 0 Å². The highest BCUT2D eigenvalue weighted by atomic mass is 16.2. The summed E-state index contributed by atoms with van der Waals surface area (Å²) in [5, 5.41) is 4.52. The number of amides is 1. The van der Waals surface area contributed by atoms with Gasteiger partial charge < -0.3 is 4.57 Å². The number of rotatable bonds is 4. The van der Waals surface area contributed by atoms with Crippen molar-refractivity contribution < 1.29 is 4.79 Å². The Morgan fingerprint density at radius 3 is 2.85 bits per heavy atom. The van der Waals surface area contributed by atoms with Crippen molar-refractivity contribution in [1.29, 1.82) is 0 Å². The van der Waals surface area contributed by atoms with Crippen molar-refractivity contribution in [2.24, 2.45) is 22.9 Å². The van der Waals surface area contributed by atoms with Crippen LogP contribution in [0.15, 0.2) is 23.3 Å². The molecule has 1 saturated carbocycles. The van der Waals surface area contributed by atoms with Crippen molar-refractivity contribution in [2.75, 3.05) is 0 Å². The van der Waals surface area contributed by atoms with Crippen molar-refractivity contribution in [2.45, 2.75) is 60.4 Å². The summed E-state index contributed by atoms with van der Waals surface area (Å²) >= 11 is 0. The predicted octanol–water partition coefficient (Wildman–Crippen LogP) is 4.54. The van der Waals surface area contributed by atoms with Gasteiger partial charge in [-0.3, -0.25) is 4.79 Å². The summed E-state index contributed by atoms with van der Waals surface area (Å²) in [6, 6.07) is 5.68. The average molecular weight is 354 g/mol. The van der Waals surface area contributed by atoms with E-state index in [9.17, 15) is 4.79 Å². The highest BCUT2D eigenvalue weighted by Crippen LogP contribution is 2.31. The number of hydrogen-bond donors (Lipinski definition) is 1. The van der Waals surface area contributed by atoms with Crippen LogP contribution < -0.4 is 5.43 Å². The summed E-state index contributed by atoms with van der Waals surface area (Å²) < 4.78 is 2.15. The quantitative estimate of drug-likeness (QED) is 0.819. The number of hydrazone groups is 1. The van der Waals surface area contributed by atoms with Gasteiger partial charge in [0.05, 0.1) is 11.0 Å². The zero-order chi connectivity index (χ0) is 18.8. The summed E-state index contributed by atoms with van der Waals surface area (Å²) in [6.45, 7) is 11.7. The molecule has 2 atom stereocenters. The van der Waals surface area contributed by atoms with Crippen LogP contribution >= 0.6 is 0 Å². The van der Waals surface area contributed by atoms with Gasteiger partial charge in [0.25, 0.3) is 5.91 Å². The highest BCUT2D eigenvalue weighted by Gasteiger charge is 2.27. The van der Waals surface area contributed by atoms with E-state index in [1.54, 1.807) is 0 Å². The van der Waals surface area contributed by atoms with E-state index in [0.29, 0.717) is 23.3 Å². The molecule has 1 heterocycles. The minimum Gasteiger partial charge on any atom is -0.329 e. The molecule has 5 heteroatoms. The molecule has 0 unspecified atom stereocenters.